The predicted molar refractivity (Wildman–Crippen MR) is 125 cm³/mol. The van der Waals surface area contributed by atoms with Crippen LogP contribution in [0.25, 0.3) is 0 Å². The smallest absolute Gasteiger partial charge is 0.244 e. The average Bonchev–Trinajstić information content (AvgIpc) is 2.75. The van der Waals surface area contributed by atoms with Crippen molar-refractivity contribution in [2.75, 3.05) is 31.3 Å². The highest BCUT2D eigenvalue weighted by Gasteiger charge is 2.29. The van der Waals surface area contributed by atoms with E-state index in [4.69, 9.17) is 4.74 Å². The van der Waals surface area contributed by atoms with Gasteiger partial charge in [-0.1, -0.05) is 18.2 Å². The molecule has 1 N–H and O–H groups in total. The Hall–Kier alpha value is -3.07. The molecule has 0 saturated carbocycles. The number of methoxy groups -OCH3 is 1. The van der Waals surface area contributed by atoms with Gasteiger partial charge in [0.1, 0.15) is 18.3 Å². The summed E-state index contributed by atoms with van der Waals surface area (Å²) in [5.41, 5.74) is 3.08. The number of benzene rings is 2. The number of amides is 2. The number of rotatable bonds is 9. The zero-order valence-corrected chi connectivity index (χ0v) is 20.2. The fourth-order valence-electron chi connectivity index (χ4n) is 3.25. The van der Waals surface area contributed by atoms with Gasteiger partial charge in [0.05, 0.1) is 19.1 Å². The fourth-order valence-corrected chi connectivity index (χ4v) is 4.09. The van der Waals surface area contributed by atoms with Gasteiger partial charge < -0.3 is 15.0 Å². The third kappa shape index (κ3) is 6.23. The Morgan fingerprint density at radius 2 is 1.78 bits per heavy atom. The molecule has 0 bridgehead atoms. The SMILES string of the molecule is CNC(=O)[C@@H](C)N(Cc1cccc(OC)c1)C(=O)CN(c1ccc(C)c(C)c1)S(C)(=O)=O. The summed E-state index contributed by atoms with van der Waals surface area (Å²) in [5, 5.41) is 2.55. The van der Waals surface area contributed by atoms with E-state index in [0.29, 0.717) is 11.4 Å². The van der Waals surface area contributed by atoms with E-state index in [9.17, 15) is 18.0 Å². The Kier molecular flexibility index (Phi) is 8.26. The molecule has 174 valence electrons. The molecule has 0 spiro atoms. The molecule has 32 heavy (non-hydrogen) atoms. The Labute approximate surface area is 190 Å². The molecule has 8 nitrogen and oxygen atoms in total. The van der Waals surface area contributed by atoms with Crippen LogP contribution in [0.15, 0.2) is 42.5 Å². The zero-order valence-electron chi connectivity index (χ0n) is 19.4. The predicted octanol–water partition coefficient (Wildman–Crippen LogP) is 2.24. The summed E-state index contributed by atoms with van der Waals surface area (Å²) < 4.78 is 31.4. The monoisotopic (exact) mass is 461 g/mol. The summed E-state index contributed by atoms with van der Waals surface area (Å²) in [7, 11) is -0.711. The molecule has 0 aliphatic heterocycles. The Balaban J connectivity index is 2.41. The number of anilines is 1. The van der Waals surface area contributed by atoms with Crippen LogP contribution in [0.2, 0.25) is 0 Å². The average molecular weight is 462 g/mol. The third-order valence-corrected chi connectivity index (χ3v) is 6.50. The molecule has 2 amide bonds. The molecule has 0 saturated heterocycles. The van der Waals surface area contributed by atoms with Crippen LogP contribution in [0.3, 0.4) is 0 Å². The summed E-state index contributed by atoms with van der Waals surface area (Å²) in [6.07, 6.45) is 1.06. The summed E-state index contributed by atoms with van der Waals surface area (Å²) in [5.74, 6) is -0.221. The van der Waals surface area contributed by atoms with Gasteiger partial charge in [0.2, 0.25) is 21.8 Å². The van der Waals surface area contributed by atoms with Gasteiger partial charge in [-0.05, 0) is 61.7 Å². The van der Waals surface area contributed by atoms with Crippen LogP contribution >= 0.6 is 0 Å². The van der Waals surface area contributed by atoms with Crippen molar-refractivity contribution in [3.05, 3.63) is 59.2 Å². The van der Waals surface area contributed by atoms with E-state index in [1.165, 1.54) is 11.9 Å². The lowest BCUT2D eigenvalue weighted by Crippen LogP contribution is -2.50. The Bertz CT molecular complexity index is 1080. The van der Waals surface area contributed by atoms with Gasteiger partial charge in [-0.15, -0.1) is 0 Å². The number of hydrogen-bond acceptors (Lipinski definition) is 5. The quantitative estimate of drug-likeness (QED) is 0.618. The molecule has 2 rings (SSSR count). The molecule has 0 unspecified atom stereocenters. The van der Waals surface area contributed by atoms with Crippen molar-refractivity contribution in [1.82, 2.24) is 10.2 Å². The van der Waals surface area contributed by atoms with Crippen molar-refractivity contribution in [2.45, 2.75) is 33.4 Å². The van der Waals surface area contributed by atoms with E-state index in [2.05, 4.69) is 5.32 Å². The number of ether oxygens (including phenoxy) is 1. The van der Waals surface area contributed by atoms with E-state index < -0.39 is 28.5 Å². The van der Waals surface area contributed by atoms with Crippen molar-refractivity contribution >= 4 is 27.5 Å². The molecule has 0 aliphatic rings. The molecule has 2 aromatic rings. The minimum atomic E-state index is -3.75. The molecular weight excluding hydrogens is 430 g/mol. The van der Waals surface area contributed by atoms with Crippen LogP contribution in [0.4, 0.5) is 5.69 Å². The summed E-state index contributed by atoms with van der Waals surface area (Å²) in [4.78, 5) is 27.1. The molecule has 2 aromatic carbocycles. The molecule has 9 heteroatoms. The molecular formula is C23H31N3O5S. The molecule has 0 radical (unpaired) electrons. The second-order valence-electron chi connectivity index (χ2n) is 7.70. The van der Waals surface area contributed by atoms with Crippen molar-refractivity contribution in [3.63, 3.8) is 0 Å². The lowest BCUT2D eigenvalue weighted by atomic mass is 10.1. The highest BCUT2D eigenvalue weighted by Crippen LogP contribution is 2.22. The maximum atomic E-state index is 13.4. The highest BCUT2D eigenvalue weighted by atomic mass is 32.2. The normalized spacial score (nSPS) is 12.1. The minimum absolute atomic E-state index is 0.120. The number of sulfonamides is 1. The van der Waals surface area contributed by atoms with Gasteiger partial charge >= 0.3 is 0 Å². The molecule has 0 aromatic heterocycles. The number of aryl methyl sites for hydroxylation is 2. The van der Waals surface area contributed by atoms with Crippen molar-refractivity contribution in [1.29, 1.82) is 0 Å². The largest absolute Gasteiger partial charge is 0.497 e. The minimum Gasteiger partial charge on any atom is -0.497 e. The van der Waals surface area contributed by atoms with Crippen molar-refractivity contribution in [3.8, 4) is 5.75 Å². The van der Waals surface area contributed by atoms with Crippen molar-refractivity contribution < 1.29 is 22.7 Å². The third-order valence-electron chi connectivity index (χ3n) is 5.36. The van der Waals surface area contributed by atoms with Crippen LogP contribution in [-0.2, 0) is 26.2 Å². The topological polar surface area (TPSA) is 96.0 Å². The second kappa shape index (κ2) is 10.5. The number of carbonyl (C=O) groups is 2. The van der Waals surface area contributed by atoms with Crippen LogP contribution in [0.5, 0.6) is 5.75 Å². The van der Waals surface area contributed by atoms with Gasteiger partial charge in [-0.25, -0.2) is 8.42 Å². The standard InChI is InChI=1S/C23H31N3O5S/c1-16-10-11-20(12-17(16)2)26(32(6,29)30)15-22(27)25(18(3)23(28)24-4)14-19-8-7-9-21(13-19)31-5/h7-13,18H,14-15H2,1-6H3,(H,24,28)/t18-/m1/s1. The number of nitrogens with zero attached hydrogens (tertiary/aromatic N) is 2. The molecule has 1 atom stereocenters. The van der Waals surface area contributed by atoms with Crippen LogP contribution < -0.4 is 14.4 Å². The van der Waals surface area contributed by atoms with E-state index >= 15 is 0 Å². The second-order valence-corrected chi connectivity index (χ2v) is 9.61. The van der Waals surface area contributed by atoms with Crippen LogP contribution in [0, 0.1) is 13.8 Å². The lowest BCUT2D eigenvalue weighted by Gasteiger charge is -2.31. The van der Waals surface area contributed by atoms with Crippen LogP contribution in [-0.4, -0.2) is 58.1 Å². The first-order valence-electron chi connectivity index (χ1n) is 10.2. The first kappa shape index (κ1) is 25.2. The number of likely N-dealkylation sites (N-methyl/N-ethyl adjacent to an activating group) is 1. The van der Waals surface area contributed by atoms with Gasteiger partial charge in [0, 0.05) is 13.6 Å². The Morgan fingerprint density at radius 3 is 2.34 bits per heavy atom. The van der Waals surface area contributed by atoms with Gasteiger partial charge in [-0.2, -0.15) is 0 Å². The van der Waals surface area contributed by atoms with E-state index in [1.807, 2.05) is 26.0 Å². The Morgan fingerprint density at radius 1 is 1.09 bits per heavy atom. The van der Waals surface area contributed by atoms with Gasteiger partial charge in [-0.3, -0.25) is 13.9 Å². The number of nitrogens with one attached hydrogen (secondary N) is 1. The van der Waals surface area contributed by atoms with Crippen LogP contribution in [0.1, 0.15) is 23.6 Å². The lowest BCUT2D eigenvalue weighted by molar-refractivity contribution is -0.139. The summed E-state index contributed by atoms with van der Waals surface area (Å²) >= 11 is 0. The maximum absolute atomic E-state index is 13.4. The first-order chi connectivity index (χ1) is 15.0. The first-order valence-corrected chi connectivity index (χ1v) is 12.0. The van der Waals surface area contributed by atoms with Gasteiger partial charge in [0.15, 0.2) is 0 Å². The zero-order chi connectivity index (χ0) is 24.1. The molecule has 0 heterocycles. The molecule has 0 fully saturated rings. The van der Waals surface area contributed by atoms with Gasteiger partial charge in [0.25, 0.3) is 0 Å². The van der Waals surface area contributed by atoms with Crippen molar-refractivity contribution in [2.24, 2.45) is 0 Å². The summed E-state index contributed by atoms with van der Waals surface area (Å²) in [6.45, 7) is 5.11. The maximum Gasteiger partial charge on any atom is 0.244 e. The summed E-state index contributed by atoms with van der Waals surface area (Å²) in [6, 6.07) is 11.6. The van der Waals surface area contributed by atoms with E-state index in [0.717, 1.165) is 27.3 Å². The van der Waals surface area contributed by atoms with E-state index in [-0.39, 0.29) is 12.5 Å². The highest BCUT2D eigenvalue weighted by molar-refractivity contribution is 7.92. The number of carbonyl (C=O) groups excluding carboxylic acids is 2. The number of hydrogen-bond donors (Lipinski definition) is 1. The molecule has 0 aliphatic carbocycles. The fraction of sp³-hybridized carbons (Fsp3) is 0.391. The van der Waals surface area contributed by atoms with E-state index in [1.54, 1.807) is 44.4 Å².